The van der Waals surface area contributed by atoms with E-state index in [1.807, 2.05) is 0 Å². The van der Waals surface area contributed by atoms with Crippen LogP contribution >= 0.6 is 0 Å². The second kappa shape index (κ2) is 10.1. The zero-order valence-electron chi connectivity index (χ0n) is 17.8. The normalized spacial score (nSPS) is 11.9. The first kappa shape index (κ1) is 26.3. The largest absolute Gasteiger partial charge is 0.351 e. The summed E-state index contributed by atoms with van der Waals surface area (Å²) in [4.78, 5) is 16.3. The van der Waals surface area contributed by atoms with Crippen molar-refractivity contribution in [2.24, 2.45) is 16.0 Å². The number of halogens is 2. The molecule has 0 aliphatic rings. The summed E-state index contributed by atoms with van der Waals surface area (Å²) in [6.07, 6.45) is -1.32. The monoisotopic (exact) mass is 539 g/mol. The number of carbonyl (C=O) groups excluding carboxylic acids is 1. The minimum Gasteiger partial charge on any atom is -0.351 e. The average Bonchev–Trinajstić information content (AvgIpc) is 2.76. The van der Waals surface area contributed by atoms with Crippen molar-refractivity contribution in [1.82, 2.24) is 9.97 Å². The Morgan fingerprint density at radius 2 is 1.69 bits per heavy atom. The third-order valence-corrected chi connectivity index (χ3v) is 6.45. The molecule has 1 heterocycles. The molecule has 3 rings (SSSR count). The molecule has 0 saturated heterocycles. The molecule has 0 saturated carbocycles. The number of amides is 2. The molecule has 2 aromatic carbocycles. The zero-order chi connectivity index (χ0) is 26.7. The number of nitrogens with one attached hydrogen (secondary N) is 2. The second-order valence-corrected chi connectivity index (χ2v) is 9.99. The van der Waals surface area contributed by atoms with E-state index in [9.17, 15) is 35.0 Å². The molecular formula is C19H15F2N7O6S2. The maximum atomic E-state index is 13.3. The Morgan fingerprint density at radius 1 is 1.03 bits per heavy atom. The van der Waals surface area contributed by atoms with Gasteiger partial charge in [-0.25, -0.2) is 13.2 Å². The highest BCUT2D eigenvalue weighted by Gasteiger charge is 2.20. The summed E-state index contributed by atoms with van der Waals surface area (Å²) in [5.74, 6) is -1.38. The van der Waals surface area contributed by atoms with Gasteiger partial charge in [0.2, 0.25) is 5.95 Å². The van der Waals surface area contributed by atoms with Gasteiger partial charge in [-0.3, -0.25) is 4.55 Å². The standard InChI is InChI=1S/C19H15F2N7O6S2/c1-2-35(30,31)11-4-6-13(15(8-11)36(32,33)34)28-27-12-5-3-10(7-14(12)24-19(22)29)23-17-9-16(20)25-18(21)26-17/h2-9H,1H2,(H3,22,24,29)(H,23,25,26)(H,32,33,34). The molecule has 0 atom stereocenters. The quantitative estimate of drug-likeness (QED) is 0.143. The molecule has 1 aromatic heterocycles. The van der Waals surface area contributed by atoms with Crippen LogP contribution in [-0.4, -0.2) is 37.4 Å². The smallest absolute Gasteiger partial charge is 0.316 e. The van der Waals surface area contributed by atoms with Crippen LogP contribution in [0.4, 0.5) is 42.1 Å². The number of hydrogen-bond donors (Lipinski definition) is 4. The number of primary amides is 1. The summed E-state index contributed by atoms with van der Waals surface area (Å²) in [7, 11) is -8.96. The van der Waals surface area contributed by atoms with E-state index >= 15 is 0 Å². The van der Waals surface area contributed by atoms with Gasteiger partial charge in [0.15, 0.2) is 9.84 Å². The summed E-state index contributed by atoms with van der Waals surface area (Å²) < 4.78 is 83.6. The van der Waals surface area contributed by atoms with Gasteiger partial charge in [-0.1, -0.05) is 6.58 Å². The van der Waals surface area contributed by atoms with Crippen LogP contribution in [-0.2, 0) is 20.0 Å². The Bertz CT molecular complexity index is 1590. The zero-order valence-corrected chi connectivity index (χ0v) is 19.4. The number of benzene rings is 2. The van der Waals surface area contributed by atoms with Crippen molar-refractivity contribution in [3.8, 4) is 0 Å². The molecule has 0 fully saturated rings. The number of hydrogen-bond acceptors (Lipinski definition) is 10. The fraction of sp³-hybridized carbons (Fsp3) is 0. The minimum absolute atomic E-state index is 0.0643. The Labute approximate surface area is 202 Å². The van der Waals surface area contributed by atoms with Crippen LogP contribution in [0.5, 0.6) is 0 Å². The van der Waals surface area contributed by atoms with Gasteiger partial charge in [0, 0.05) is 17.2 Å². The van der Waals surface area contributed by atoms with Gasteiger partial charge in [0.1, 0.15) is 22.1 Å². The highest BCUT2D eigenvalue weighted by Crippen LogP contribution is 2.33. The van der Waals surface area contributed by atoms with E-state index in [-0.39, 0.29) is 22.9 Å². The van der Waals surface area contributed by atoms with Crippen LogP contribution in [0.3, 0.4) is 0 Å². The Morgan fingerprint density at radius 3 is 2.31 bits per heavy atom. The van der Waals surface area contributed by atoms with E-state index in [0.717, 1.165) is 18.2 Å². The molecule has 13 nitrogen and oxygen atoms in total. The molecule has 188 valence electrons. The summed E-state index contributed by atoms with van der Waals surface area (Å²) in [6.45, 7) is 3.14. The first-order chi connectivity index (χ1) is 16.8. The lowest BCUT2D eigenvalue weighted by Crippen LogP contribution is -2.19. The summed E-state index contributed by atoms with van der Waals surface area (Å²) >= 11 is 0. The number of azo groups is 1. The number of sulfone groups is 1. The van der Waals surface area contributed by atoms with Crippen molar-refractivity contribution in [2.45, 2.75) is 9.79 Å². The van der Waals surface area contributed by atoms with E-state index in [4.69, 9.17) is 5.73 Å². The fourth-order valence-electron chi connectivity index (χ4n) is 2.70. The third kappa shape index (κ3) is 6.40. The molecule has 2 amide bonds. The van der Waals surface area contributed by atoms with Gasteiger partial charge in [-0.15, -0.1) is 10.2 Å². The van der Waals surface area contributed by atoms with Crippen molar-refractivity contribution < 1.29 is 35.0 Å². The Hall–Kier alpha value is -4.35. The number of anilines is 3. The molecule has 0 aliphatic carbocycles. The van der Waals surface area contributed by atoms with E-state index in [2.05, 4.69) is 37.4 Å². The van der Waals surface area contributed by atoms with Gasteiger partial charge >= 0.3 is 12.1 Å². The highest BCUT2D eigenvalue weighted by molar-refractivity contribution is 7.94. The SMILES string of the molecule is C=CS(=O)(=O)c1ccc(N=Nc2ccc(Nc3cc(F)nc(F)n3)cc2NC(N)=O)c(S(=O)(=O)O)c1. The molecule has 36 heavy (non-hydrogen) atoms. The average molecular weight is 540 g/mol. The number of nitrogens with zero attached hydrogens (tertiary/aromatic N) is 4. The maximum absolute atomic E-state index is 13.3. The second-order valence-electron chi connectivity index (χ2n) is 6.71. The molecular weight excluding hydrogens is 524 g/mol. The van der Waals surface area contributed by atoms with E-state index < -0.39 is 53.5 Å². The first-order valence-electron chi connectivity index (χ1n) is 9.37. The van der Waals surface area contributed by atoms with E-state index in [0.29, 0.717) is 11.5 Å². The topological polar surface area (TPSA) is 206 Å². The van der Waals surface area contributed by atoms with Crippen LogP contribution < -0.4 is 16.4 Å². The van der Waals surface area contributed by atoms with E-state index in [1.165, 1.54) is 18.2 Å². The minimum atomic E-state index is -4.93. The number of rotatable bonds is 8. The highest BCUT2D eigenvalue weighted by atomic mass is 32.2. The first-order valence-corrected chi connectivity index (χ1v) is 12.4. The van der Waals surface area contributed by atoms with Crippen molar-refractivity contribution in [3.05, 3.63) is 66.5 Å². The lowest BCUT2D eigenvalue weighted by atomic mass is 10.2. The van der Waals surface area contributed by atoms with Crippen molar-refractivity contribution >= 4 is 54.6 Å². The number of urea groups is 1. The third-order valence-electron chi connectivity index (χ3n) is 4.22. The molecule has 0 aliphatic heterocycles. The summed E-state index contributed by atoms with van der Waals surface area (Å²) in [6, 6.07) is 6.35. The summed E-state index contributed by atoms with van der Waals surface area (Å²) in [5, 5.41) is 13.0. The number of carbonyl (C=O) groups is 1. The van der Waals surface area contributed by atoms with Gasteiger partial charge in [0.05, 0.1) is 10.6 Å². The molecule has 5 N–H and O–H groups in total. The van der Waals surface area contributed by atoms with Crippen molar-refractivity contribution in [1.29, 1.82) is 0 Å². The van der Waals surface area contributed by atoms with Crippen LogP contribution in [0.25, 0.3) is 0 Å². The molecule has 0 radical (unpaired) electrons. The van der Waals surface area contributed by atoms with Gasteiger partial charge in [-0.05, 0) is 36.4 Å². The van der Waals surface area contributed by atoms with Gasteiger partial charge < -0.3 is 16.4 Å². The van der Waals surface area contributed by atoms with Crippen LogP contribution in [0.1, 0.15) is 0 Å². The lowest BCUT2D eigenvalue weighted by molar-refractivity contribution is 0.259. The molecule has 17 heteroatoms. The molecule has 0 bridgehead atoms. The molecule has 0 unspecified atom stereocenters. The predicted octanol–water partition coefficient (Wildman–Crippen LogP) is 3.57. The van der Waals surface area contributed by atoms with Crippen molar-refractivity contribution in [3.63, 3.8) is 0 Å². The maximum Gasteiger partial charge on any atom is 0.316 e. The predicted molar refractivity (Wildman–Crippen MR) is 123 cm³/mol. The Kier molecular flexibility index (Phi) is 7.37. The summed E-state index contributed by atoms with van der Waals surface area (Å²) in [5.41, 5.74) is 4.77. The van der Waals surface area contributed by atoms with Gasteiger partial charge in [-0.2, -0.15) is 27.2 Å². The molecule has 3 aromatic rings. The Balaban J connectivity index is 2.02. The number of nitrogens with two attached hydrogens (primary N) is 1. The van der Waals surface area contributed by atoms with Crippen LogP contribution in [0.2, 0.25) is 0 Å². The fourth-order valence-corrected chi connectivity index (χ4v) is 4.16. The number of aromatic nitrogens is 2. The van der Waals surface area contributed by atoms with E-state index in [1.54, 1.807) is 0 Å². The lowest BCUT2D eigenvalue weighted by Gasteiger charge is -2.10. The molecule has 0 spiro atoms. The van der Waals surface area contributed by atoms with Crippen molar-refractivity contribution in [2.75, 3.05) is 10.6 Å². The van der Waals surface area contributed by atoms with Crippen LogP contribution in [0, 0.1) is 12.0 Å². The van der Waals surface area contributed by atoms with Crippen LogP contribution in [0.15, 0.2) is 74.5 Å². The van der Waals surface area contributed by atoms with Gasteiger partial charge in [0.25, 0.3) is 10.1 Å².